The van der Waals surface area contributed by atoms with E-state index in [1.165, 1.54) is 0 Å². The molecule has 14 nitrogen and oxygen atoms in total. The molecule has 1 saturated heterocycles. The average molecular weight is 698 g/mol. The normalized spacial score (nSPS) is 16.9. The van der Waals surface area contributed by atoms with Gasteiger partial charge in [-0.1, -0.05) is 5.92 Å². The van der Waals surface area contributed by atoms with E-state index in [9.17, 15) is 19.2 Å². The fourth-order valence-corrected chi connectivity index (χ4v) is 4.75. The number of esters is 3. The second-order valence-electron chi connectivity index (χ2n) is 15.1. The molecule has 0 saturated carbocycles. The van der Waals surface area contributed by atoms with Crippen molar-refractivity contribution < 1.29 is 42.9 Å². The van der Waals surface area contributed by atoms with Gasteiger partial charge < -0.3 is 29.0 Å². The zero-order valence-corrected chi connectivity index (χ0v) is 31.6. The Balaban J connectivity index is 3.09. The first-order chi connectivity index (χ1) is 22.7. The summed E-state index contributed by atoms with van der Waals surface area (Å²) >= 11 is 0. The van der Waals surface area contributed by atoms with Gasteiger partial charge in [0.1, 0.15) is 23.4 Å². The Hall–Kier alpha value is -2.80. The van der Waals surface area contributed by atoms with Crippen molar-refractivity contribution in [3.63, 3.8) is 0 Å². The molecule has 0 aromatic carbocycles. The lowest BCUT2D eigenvalue weighted by molar-refractivity contribution is -0.158. The van der Waals surface area contributed by atoms with Crippen LogP contribution in [0.4, 0.5) is 0 Å². The van der Waals surface area contributed by atoms with Gasteiger partial charge in [-0.25, -0.2) is 0 Å². The van der Waals surface area contributed by atoms with Gasteiger partial charge in [0.2, 0.25) is 5.91 Å². The molecule has 1 amide bonds. The van der Waals surface area contributed by atoms with Crippen molar-refractivity contribution in [3.8, 4) is 12.3 Å². The molecule has 0 atom stereocenters. The van der Waals surface area contributed by atoms with Crippen LogP contribution in [-0.4, -0.2) is 172 Å². The number of hydrogen-bond donors (Lipinski definition) is 1. The van der Waals surface area contributed by atoms with Crippen LogP contribution in [0.3, 0.4) is 0 Å². The van der Waals surface area contributed by atoms with Crippen molar-refractivity contribution in [2.24, 2.45) is 0 Å². The van der Waals surface area contributed by atoms with E-state index in [0.717, 1.165) is 0 Å². The number of amides is 1. The lowest BCUT2D eigenvalue weighted by atomic mass is 10.2. The van der Waals surface area contributed by atoms with Crippen molar-refractivity contribution in [1.82, 2.24) is 24.9 Å². The molecular weight excluding hydrogens is 634 g/mol. The molecule has 14 heteroatoms. The molecule has 1 rings (SSSR count). The molecule has 0 unspecified atom stereocenters. The van der Waals surface area contributed by atoms with Crippen molar-refractivity contribution in [1.29, 1.82) is 0 Å². The van der Waals surface area contributed by atoms with Crippen LogP contribution < -0.4 is 5.32 Å². The van der Waals surface area contributed by atoms with Gasteiger partial charge in [-0.3, -0.25) is 38.8 Å². The van der Waals surface area contributed by atoms with Crippen LogP contribution in [-0.2, 0) is 42.9 Å². The summed E-state index contributed by atoms with van der Waals surface area (Å²) in [5, 5.41) is 2.89. The summed E-state index contributed by atoms with van der Waals surface area (Å²) in [5.74, 6) is 1.17. The highest BCUT2D eigenvalue weighted by Crippen LogP contribution is 2.11. The van der Waals surface area contributed by atoms with Crippen molar-refractivity contribution in [3.05, 3.63) is 0 Å². The van der Waals surface area contributed by atoms with Crippen LogP contribution in [0.5, 0.6) is 0 Å². The maximum absolute atomic E-state index is 13.0. The summed E-state index contributed by atoms with van der Waals surface area (Å²) in [6, 6.07) is 0. The standard InChI is InChI=1S/C35H63N5O9/c1-11-21-45-23-24-46-22-12-36-29(41)25-37-13-15-38(26-30(42)47-33(2,3)4)17-19-40(28-32(44)49-35(8,9)10)20-18-39(16-14-37)27-31(43)48-34(5,6)7/h1H,12-28H2,2-10H3,(H,36,41). The minimum Gasteiger partial charge on any atom is -0.459 e. The smallest absolute Gasteiger partial charge is 0.320 e. The Kier molecular flexibility index (Phi) is 20.0. The quantitative estimate of drug-likeness (QED) is 0.113. The Labute approximate surface area is 294 Å². The summed E-state index contributed by atoms with van der Waals surface area (Å²) in [6.07, 6.45) is 5.16. The number of carbonyl (C=O) groups is 4. The molecule has 49 heavy (non-hydrogen) atoms. The molecule has 0 aliphatic carbocycles. The molecular formula is C35H63N5O9. The molecule has 0 bridgehead atoms. The van der Waals surface area contributed by atoms with Crippen LogP contribution in [0.15, 0.2) is 0 Å². The van der Waals surface area contributed by atoms with Gasteiger partial charge in [0, 0.05) is 58.9 Å². The van der Waals surface area contributed by atoms with E-state index in [-0.39, 0.29) is 56.6 Å². The van der Waals surface area contributed by atoms with E-state index in [4.69, 9.17) is 30.1 Å². The number of terminal acetylenes is 1. The number of ether oxygens (including phenoxy) is 5. The second kappa shape index (κ2) is 22.1. The number of hydrogen-bond acceptors (Lipinski definition) is 13. The highest BCUT2D eigenvalue weighted by molar-refractivity contribution is 5.78. The fraction of sp³-hybridized carbons (Fsp3) is 0.829. The maximum atomic E-state index is 13.0. The third-order valence-corrected chi connectivity index (χ3v) is 6.74. The van der Waals surface area contributed by atoms with E-state index in [2.05, 4.69) is 11.2 Å². The van der Waals surface area contributed by atoms with Crippen molar-refractivity contribution >= 4 is 23.8 Å². The van der Waals surface area contributed by atoms with E-state index in [1.807, 2.05) is 81.9 Å². The molecule has 0 spiro atoms. The number of carbonyl (C=O) groups excluding carboxylic acids is 4. The lowest BCUT2D eigenvalue weighted by Crippen LogP contribution is -2.50. The Morgan fingerprint density at radius 3 is 1.20 bits per heavy atom. The van der Waals surface area contributed by atoms with Gasteiger partial charge in [0.05, 0.1) is 46.0 Å². The van der Waals surface area contributed by atoms with E-state index >= 15 is 0 Å². The minimum atomic E-state index is -0.632. The topological polar surface area (TPSA) is 139 Å². The largest absolute Gasteiger partial charge is 0.459 e. The first-order valence-corrected chi connectivity index (χ1v) is 17.2. The maximum Gasteiger partial charge on any atom is 0.320 e. The van der Waals surface area contributed by atoms with Crippen LogP contribution in [0.2, 0.25) is 0 Å². The first-order valence-electron chi connectivity index (χ1n) is 17.2. The minimum absolute atomic E-state index is 0.0603. The monoisotopic (exact) mass is 697 g/mol. The summed E-state index contributed by atoms with van der Waals surface area (Å²) in [4.78, 5) is 59.5. The summed E-state index contributed by atoms with van der Waals surface area (Å²) in [5.41, 5.74) is -1.89. The molecule has 282 valence electrons. The van der Waals surface area contributed by atoms with Crippen LogP contribution >= 0.6 is 0 Å². The second-order valence-corrected chi connectivity index (χ2v) is 15.1. The molecule has 1 aliphatic heterocycles. The van der Waals surface area contributed by atoms with Crippen LogP contribution in [0.25, 0.3) is 0 Å². The molecule has 0 aromatic rings. The van der Waals surface area contributed by atoms with Crippen LogP contribution in [0.1, 0.15) is 62.3 Å². The molecule has 1 aliphatic rings. The van der Waals surface area contributed by atoms with Gasteiger partial charge in [-0.2, -0.15) is 0 Å². The number of nitrogens with zero attached hydrogens (tertiary/aromatic N) is 4. The van der Waals surface area contributed by atoms with Crippen molar-refractivity contribution in [2.45, 2.75) is 79.1 Å². The lowest BCUT2D eigenvalue weighted by Gasteiger charge is -2.34. The van der Waals surface area contributed by atoms with Crippen molar-refractivity contribution in [2.75, 3.05) is 112 Å². The highest BCUT2D eigenvalue weighted by atomic mass is 16.6. The molecule has 0 radical (unpaired) electrons. The number of rotatable bonds is 15. The number of nitrogens with one attached hydrogen (secondary N) is 1. The highest BCUT2D eigenvalue weighted by Gasteiger charge is 2.26. The molecule has 1 N–H and O–H groups in total. The zero-order valence-electron chi connectivity index (χ0n) is 31.6. The van der Waals surface area contributed by atoms with Gasteiger partial charge in [-0.05, 0) is 62.3 Å². The average Bonchev–Trinajstić information content (AvgIpc) is 2.92. The summed E-state index contributed by atoms with van der Waals surface area (Å²) in [7, 11) is 0. The SMILES string of the molecule is C#CCOCCOCCNC(=O)CN1CCN(CC(=O)OC(C)(C)C)CCN(CC(=O)OC(C)(C)C)CCN(CC(=O)OC(C)(C)C)CC1. The third-order valence-electron chi connectivity index (χ3n) is 6.74. The van der Waals surface area contributed by atoms with Gasteiger partial charge >= 0.3 is 17.9 Å². The van der Waals surface area contributed by atoms with E-state index < -0.39 is 16.8 Å². The molecule has 1 fully saturated rings. The Morgan fingerprint density at radius 2 is 0.878 bits per heavy atom. The van der Waals surface area contributed by atoms with Crippen LogP contribution in [0, 0.1) is 12.3 Å². The zero-order chi connectivity index (χ0) is 37.1. The molecule has 1 heterocycles. The van der Waals surface area contributed by atoms with Gasteiger partial charge in [0.15, 0.2) is 0 Å². The van der Waals surface area contributed by atoms with Gasteiger partial charge in [0.25, 0.3) is 0 Å². The van der Waals surface area contributed by atoms with Gasteiger partial charge in [-0.15, -0.1) is 6.42 Å². The summed E-state index contributed by atoms with van der Waals surface area (Å²) < 4.78 is 27.5. The Bertz CT molecular complexity index is 1010. The first kappa shape index (κ1) is 44.2. The molecule has 0 aromatic heterocycles. The predicted octanol–water partition coefficient (Wildman–Crippen LogP) is 1.02. The summed E-state index contributed by atoms with van der Waals surface area (Å²) in [6.45, 7) is 22.2. The van der Waals surface area contributed by atoms with E-state index in [0.29, 0.717) is 78.7 Å². The predicted molar refractivity (Wildman–Crippen MR) is 187 cm³/mol. The fourth-order valence-electron chi connectivity index (χ4n) is 4.75. The Morgan fingerprint density at radius 1 is 0.551 bits per heavy atom. The van der Waals surface area contributed by atoms with E-state index in [1.54, 1.807) is 0 Å². The third kappa shape index (κ3) is 24.9.